The van der Waals surface area contributed by atoms with Crippen molar-refractivity contribution in [3.8, 4) is 6.07 Å². The molecule has 0 radical (unpaired) electrons. The zero-order valence-electron chi connectivity index (χ0n) is 7.60. The van der Waals surface area contributed by atoms with Crippen LogP contribution in [0, 0.1) is 6.07 Å². The molecule has 81 valence electrons. The van der Waals surface area contributed by atoms with Crippen molar-refractivity contribution in [2.75, 3.05) is 0 Å². The predicted molar refractivity (Wildman–Crippen MR) is 60.6 cm³/mol. The van der Waals surface area contributed by atoms with E-state index in [0.29, 0.717) is 0 Å². The quantitative estimate of drug-likeness (QED) is 0.435. The van der Waals surface area contributed by atoms with Gasteiger partial charge in [-0.3, -0.25) is 0 Å². The molecule has 0 rings (SSSR count). The fraction of sp³-hybridized carbons (Fsp3) is 0.571. The molecule has 0 unspecified atom stereocenters. The zero-order chi connectivity index (χ0) is 11.1. The maximum absolute atomic E-state index is 4.95. The molecular weight excluding hydrogens is 296 g/mol. The first kappa shape index (κ1) is 16.3. The molecule has 0 aliphatic carbocycles. The van der Waals surface area contributed by atoms with Gasteiger partial charge in [-0.25, -0.2) is 0 Å². The third kappa shape index (κ3) is 44.0. The van der Waals surface area contributed by atoms with Crippen LogP contribution in [0.4, 0.5) is 0 Å². The van der Waals surface area contributed by atoms with Gasteiger partial charge in [-0.05, 0) is 0 Å². The number of halogens is 4. The van der Waals surface area contributed by atoms with Crippen molar-refractivity contribution in [1.82, 2.24) is 0 Å². The Morgan fingerprint density at radius 3 is 1.62 bits per heavy atom. The van der Waals surface area contributed by atoms with Crippen molar-refractivity contribution in [1.29, 1.82) is 0 Å². The molecule has 0 aromatic carbocycles. The van der Waals surface area contributed by atoms with Gasteiger partial charge in [0.15, 0.2) is 0 Å². The van der Waals surface area contributed by atoms with Crippen molar-refractivity contribution in [2.45, 2.75) is 26.3 Å². The number of nitrogens with zero attached hydrogens (tertiary/aromatic N) is 1. The molecule has 0 fully saturated rings. The van der Waals surface area contributed by atoms with Crippen LogP contribution >= 0.6 is 40.4 Å². The van der Waals surface area contributed by atoms with Gasteiger partial charge in [0.05, 0.1) is 6.08 Å². The van der Waals surface area contributed by atoms with Crippen LogP contribution in [0.15, 0.2) is 12.7 Å². The van der Waals surface area contributed by atoms with E-state index in [1.807, 2.05) is 20.8 Å². The molecular formula is C7H12Cl4FeN. The summed E-state index contributed by atoms with van der Waals surface area (Å²) in [6.45, 7) is 9.51. The first-order chi connectivity index (χ1) is 5.56. The minimum absolute atomic E-state index is 0.00576. The topological polar surface area (TPSA) is 4.36 Å². The van der Waals surface area contributed by atoms with Crippen molar-refractivity contribution in [2.24, 2.45) is 0 Å². The van der Waals surface area contributed by atoms with Gasteiger partial charge in [0.2, 0.25) is 0 Å². The Morgan fingerprint density at radius 2 is 1.54 bits per heavy atom. The van der Waals surface area contributed by atoms with E-state index in [9.17, 15) is 0 Å². The third-order valence-corrected chi connectivity index (χ3v) is 0.491. The molecule has 1 nitrogen and oxygen atoms in total. The average Bonchev–Trinajstić information content (AvgIpc) is 1.77. The molecule has 0 aromatic heterocycles. The maximum atomic E-state index is 4.95. The third-order valence-electron chi connectivity index (χ3n) is 0.491. The van der Waals surface area contributed by atoms with Crippen molar-refractivity contribution >= 4 is 40.4 Å². The predicted octanol–water partition coefficient (Wildman–Crippen LogP) is 5.06. The Kier molecular flexibility index (Phi) is 9.09. The van der Waals surface area contributed by atoms with E-state index in [4.69, 9.17) is 40.4 Å². The monoisotopic (exact) mass is 306 g/mol. The van der Waals surface area contributed by atoms with Crippen molar-refractivity contribution in [3.05, 3.63) is 17.5 Å². The van der Waals surface area contributed by atoms with Crippen LogP contribution in [0.25, 0.3) is 4.85 Å². The molecule has 0 N–H and O–H groups in total. The van der Waals surface area contributed by atoms with Gasteiger partial charge in [0.25, 0.3) is 5.54 Å². The summed E-state index contributed by atoms with van der Waals surface area (Å²) >= 11 is 0. The van der Waals surface area contributed by atoms with E-state index in [1.54, 1.807) is 6.08 Å². The Hall–Kier alpha value is 0.909. The number of hydrogen-bond donors (Lipinski definition) is 0. The molecule has 0 bridgehead atoms. The molecule has 6 heteroatoms. The molecule has 0 heterocycles. The van der Waals surface area contributed by atoms with Crippen LogP contribution in [-0.4, -0.2) is 5.54 Å². The summed E-state index contributed by atoms with van der Waals surface area (Å²) in [4.78, 5) is 4.01. The molecule has 13 heavy (non-hydrogen) atoms. The van der Waals surface area contributed by atoms with Gasteiger partial charge < -0.3 is 0 Å². The van der Waals surface area contributed by atoms with Gasteiger partial charge in [0.1, 0.15) is 0 Å². The SMILES string of the molecule is C=CC#[N+]C(C)(C)C.[Cl][Fe-]([Cl])([Cl])[Cl]. The summed E-state index contributed by atoms with van der Waals surface area (Å²) in [5.74, 6) is 0. The molecule has 0 aliphatic rings. The number of hydrogen-bond acceptors (Lipinski definition) is 0. The van der Waals surface area contributed by atoms with Gasteiger partial charge >= 0.3 is 55.7 Å². The Balaban J connectivity index is 0. The fourth-order valence-corrected chi connectivity index (χ4v) is 0.239. The standard InChI is InChI=1S/C7H12N.4ClH.Fe/c1-5-6-8-7(2,3)4;;;;;/h5H,1H2,2-4H3;4*1H;/q+1;;;;;+3/p-4. The Bertz CT molecular complexity index is 199. The summed E-state index contributed by atoms with van der Waals surface area (Å²) in [7, 11) is 17.2. The van der Waals surface area contributed by atoms with Crippen LogP contribution in [0.1, 0.15) is 20.8 Å². The first-order valence-corrected chi connectivity index (χ1v) is 9.26. The molecule has 0 spiro atoms. The fourth-order valence-electron chi connectivity index (χ4n) is 0.239. The summed E-state index contributed by atoms with van der Waals surface area (Å²) in [6.07, 6.45) is 1.56. The van der Waals surface area contributed by atoms with E-state index in [2.05, 4.69) is 17.5 Å². The van der Waals surface area contributed by atoms with Crippen LogP contribution in [-0.2, 0) is 9.20 Å². The number of allylic oxidation sites excluding steroid dienone is 1. The Morgan fingerprint density at radius 1 is 1.23 bits per heavy atom. The second-order valence-electron chi connectivity index (χ2n) is 2.92. The molecule has 0 aromatic rings. The van der Waals surface area contributed by atoms with E-state index in [1.165, 1.54) is 0 Å². The molecule has 0 aliphatic heterocycles. The normalized spacial score (nSPS) is 11.6. The van der Waals surface area contributed by atoms with Crippen LogP contribution < -0.4 is 0 Å². The molecule has 0 atom stereocenters. The second-order valence-corrected chi connectivity index (χ2v) is 13.9. The van der Waals surface area contributed by atoms with E-state index in [0.717, 1.165) is 0 Å². The molecule has 0 amide bonds. The van der Waals surface area contributed by atoms with E-state index in [-0.39, 0.29) is 5.54 Å². The Labute approximate surface area is 98.9 Å². The van der Waals surface area contributed by atoms with Crippen molar-refractivity contribution < 1.29 is 9.20 Å². The van der Waals surface area contributed by atoms with Crippen LogP contribution in [0.5, 0.6) is 0 Å². The molecule has 0 saturated heterocycles. The summed E-state index contributed by atoms with van der Waals surface area (Å²) in [5.41, 5.74) is -0.00576. The first-order valence-electron chi connectivity index (χ1n) is 3.18. The number of rotatable bonds is 0. The summed E-state index contributed by atoms with van der Waals surface area (Å²) < 4.78 is 0. The minimum atomic E-state index is -2.61. The van der Waals surface area contributed by atoms with Gasteiger partial charge in [-0.2, -0.15) is 0 Å². The second kappa shape index (κ2) is 7.23. The van der Waals surface area contributed by atoms with Gasteiger partial charge in [-0.15, -0.1) is 0 Å². The van der Waals surface area contributed by atoms with E-state index >= 15 is 0 Å². The van der Waals surface area contributed by atoms with E-state index < -0.39 is 9.20 Å². The average molecular weight is 308 g/mol. The van der Waals surface area contributed by atoms with Gasteiger partial charge in [0, 0.05) is 20.8 Å². The molecule has 0 saturated carbocycles. The van der Waals surface area contributed by atoms with Crippen LogP contribution in [0.3, 0.4) is 0 Å². The summed E-state index contributed by atoms with van der Waals surface area (Å²) in [6, 6.07) is 2.68. The summed E-state index contributed by atoms with van der Waals surface area (Å²) in [5, 5.41) is 0. The van der Waals surface area contributed by atoms with Crippen molar-refractivity contribution in [3.63, 3.8) is 0 Å². The van der Waals surface area contributed by atoms with Crippen LogP contribution in [0.2, 0.25) is 0 Å². The van der Waals surface area contributed by atoms with Gasteiger partial charge in [-0.1, -0.05) is 11.4 Å². The zero-order valence-corrected chi connectivity index (χ0v) is 11.7.